The Bertz CT molecular complexity index is 609. The summed E-state index contributed by atoms with van der Waals surface area (Å²) in [7, 11) is 0. The molecule has 2 N–H and O–H groups in total. The Morgan fingerprint density at radius 1 is 1.14 bits per heavy atom. The second-order valence-electron chi connectivity index (χ2n) is 2.83. The third-order valence-electron chi connectivity index (χ3n) is 1.90. The van der Waals surface area contributed by atoms with Crippen molar-refractivity contribution >= 4 is 17.2 Å². The van der Waals surface area contributed by atoms with Gasteiger partial charge in [-0.3, -0.25) is 14.6 Å². The first-order valence-electron chi connectivity index (χ1n) is 3.92. The number of fused-ring (bicyclic) bond motifs is 1. The van der Waals surface area contributed by atoms with E-state index in [0.29, 0.717) is 22.8 Å². The van der Waals surface area contributed by atoms with Gasteiger partial charge in [0.2, 0.25) is 0 Å². The molecule has 0 fully saturated rings. The van der Waals surface area contributed by atoms with Crippen molar-refractivity contribution in [2.45, 2.75) is 0 Å². The monoisotopic (exact) mass is 190 g/mol. The molecular formula is C9H6N2O3. The molecule has 0 aliphatic rings. The lowest BCUT2D eigenvalue weighted by Gasteiger charge is -1.95. The SMILES string of the molecule is O=Cc1ccc2[nH]c(=O)[nH]c(=O)c2c1. The maximum Gasteiger partial charge on any atom is 0.326 e. The van der Waals surface area contributed by atoms with Crippen molar-refractivity contribution in [2.75, 3.05) is 0 Å². The minimum atomic E-state index is -0.554. The lowest BCUT2D eigenvalue weighted by molar-refractivity contribution is 0.112. The average Bonchev–Trinajstić information content (AvgIpc) is 2.17. The van der Waals surface area contributed by atoms with Crippen LogP contribution in [0.2, 0.25) is 0 Å². The Kier molecular flexibility index (Phi) is 1.78. The Labute approximate surface area is 77.4 Å². The summed E-state index contributed by atoms with van der Waals surface area (Å²) in [4.78, 5) is 37.1. The van der Waals surface area contributed by atoms with Crippen LogP contribution in [0, 0.1) is 0 Å². The van der Waals surface area contributed by atoms with E-state index in [4.69, 9.17) is 0 Å². The Balaban J connectivity index is 2.96. The van der Waals surface area contributed by atoms with Gasteiger partial charge in [0, 0.05) is 5.56 Å². The van der Waals surface area contributed by atoms with E-state index in [1.807, 2.05) is 0 Å². The summed E-state index contributed by atoms with van der Waals surface area (Å²) in [6.07, 6.45) is 0.643. The normalized spacial score (nSPS) is 10.3. The Morgan fingerprint density at radius 3 is 2.64 bits per heavy atom. The van der Waals surface area contributed by atoms with Crippen molar-refractivity contribution in [2.24, 2.45) is 0 Å². The van der Waals surface area contributed by atoms with Crippen LogP contribution in [0.15, 0.2) is 27.8 Å². The maximum absolute atomic E-state index is 11.3. The molecule has 0 radical (unpaired) electrons. The van der Waals surface area contributed by atoms with Gasteiger partial charge in [0.05, 0.1) is 10.9 Å². The van der Waals surface area contributed by atoms with E-state index < -0.39 is 11.2 Å². The molecule has 1 heterocycles. The lowest BCUT2D eigenvalue weighted by Crippen LogP contribution is -2.21. The molecule has 0 saturated heterocycles. The van der Waals surface area contributed by atoms with Crippen molar-refractivity contribution in [3.8, 4) is 0 Å². The molecule has 2 rings (SSSR count). The van der Waals surface area contributed by atoms with Gasteiger partial charge in [-0.1, -0.05) is 0 Å². The summed E-state index contributed by atoms with van der Waals surface area (Å²) in [5.41, 5.74) is -0.229. The summed E-state index contributed by atoms with van der Waals surface area (Å²) in [5, 5.41) is 0.300. The standard InChI is InChI=1S/C9H6N2O3/c12-4-5-1-2-7-6(3-5)8(13)11-9(14)10-7/h1-4H,(H2,10,11,13,14). The number of carbonyl (C=O) groups excluding carboxylic acids is 1. The zero-order valence-electron chi connectivity index (χ0n) is 7.03. The number of nitrogens with one attached hydrogen (secondary N) is 2. The van der Waals surface area contributed by atoms with Crippen molar-refractivity contribution in [3.63, 3.8) is 0 Å². The fourth-order valence-corrected chi connectivity index (χ4v) is 1.26. The molecule has 0 amide bonds. The van der Waals surface area contributed by atoms with E-state index in [0.717, 1.165) is 0 Å². The highest BCUT2D eigenvalue weighted by molar-refractivity contribution is 5.85. The van der Waals surface area contributed by atoms with E-state index in [1.165, 1.54) is 18.2 Å². The summed E-state index contributed by atoms with van der Waals surface area (Å²) >= 11 is 0. The summed E-state index contributed by atoms with van der Waals surface area (Å²) < 4.78 is 0. The predicted molar refractivity (Wildman–Crippen MR) is 50.6 cm³/mol. The van der Waals surface area contributed by atoms with E-state index in [-0.39, 0.29) is 0 Å². The van der Waals surface area contributed by atoms with Crippen LogP contribution >= 0.6 is 0 Å². The van der Waals surface area contributed by atoms with Crippen LogP contribution in [0.1, 0.15) is 10.4 Å². The van der Waals surface area contributed by atoms with Crippen molar-refractivity contribution in [1.82, 2.24) is 9.97 Å². The van der Waals surface area contributed by atoms with Gasteiger partial charge < -0.3 is 4.98 Å². The molecule has 1 aromatic heterocycles. The molecule has 14 heavy (non-hydrogen) atoms. The number of carbonyl (C=O) groups is 1. The fraction of sp³-hybridized carbons (Fsp3) is 0. The van der Waals surface area contributed by atoms with Crippen LogP contribution in [0.4, 0.5) is 0 Å². The largest absolute Gasteiger partial charge is 0.326 e. The number of aromatic amines is 2. The number of hydrogen-bond acceptors (Lipinski definition) is 3. The van der Waals surface area contributed by atoms with Gasteiger partial charge in [-0.25, -0.2) is 4.79 Å². The van der Waals surface area contributed by atoms with Gasteiger partial charge in [0.15, 0.2) is 0 Å². The van der Waals surface area contributed by atoms with E-state index in [9.17, 15) is 14.4 Å². The zero-order chi connectivity index (χ0) is 10.1. The Hall–Kier alpha value is -2.17. The highest BCUT2D eigenvalue weighted by Gasteiger charge is 2.00. The summed E-state index contributed by atoms with van der Waals surface area (Å²) in [5.74, 6) is 0. The number of benzene rings is 1. The highest BCUT2D eigenvalue weighted by Crippen LogP contribution is 2.06. The van der Waals surface area contributed by atoms with Gasteiger partial charge in [-0.15, -0.1) is 0 Å². The highest BCUT2D eigenvalue weighted by atomic mass is 16.2. The van der Waals surface area contributed by atoms with Crippen molar-refractivity contribution in [1.29, 1.82) is 0 Å². The molecule has 2 aromatic rings. The average molecular weight is 190 g/mol. The lowest BCUT2D eigenvalue weighted by atomic mass is 10.2. The van der Waals surface area contributed by atoms with Gasteiger partial charge in [-0.2, -0.15) is 0 Å². The number of hydrogen-bond donors (Lipinski definition) is 2. The molecule has 70 valence electrons. The number of H-pyrrole nitrogens is 2. The molecule has 0 atom stereocenters. The first-order chi connectivity index (χ1) is 6.70. The second-order valence-corrected chi connectivity index (χ2v) is 2.83. The van der Waals surface area contributed by atoms with Gasteiger partial charge in [-0.05, 0) is 18.2 Å². The molecule has 0 aliphatic carbocycles. The van der Waals surface area contributed by atoms with E-state index >= 15 is 0 Å². The minimum absolute atomic E-state index is 0.300. The minimum Gasteiger partial charge on any atom is -0.307 e. The van der Waals surface area contributed by atoms with Gasteiger partial charge >= 0.3 is 5.69 Å². The van der Waals surface area contributed by atoms with Crippen LogP contribution in [0.25, 0.3) is 10.9 Å². The molecule has 0 spiro atoms. The second kappa shape index (κ2) is 2.95. The van der Waals surface area contributed by atoms with Crippen molar-refractivity contribution in [3.05, 3.63) is 44.6 Å². The summed E-state index contributed by atoms with van der Waals surface area (Å²) in [6.45, 7) is 0. The molecule has 1 aromatic carbocycles. The molecule has 5 nitrogen and oxygen atoms in total. The molecular weight excluding hydrogens is 184 g/mol. The van der Waals surface area contributed by atoms with Crippen LogP contribution in [-0.2, 0) is 0 Å². The summed E-state index contributed by atoms with van der Waals surface area (Å²) in [6, 6.07) is 4.48. The van der Waals surface area contributed by atoms with Crippen LogP contribution in [0.5, 0.6) is 0 Å². The first-order valence-corrected chi connectivity index (χ1v) is 3.92. The van der Waals surface area contributed by atoms with Crippen LogP contribution < -0.4 is 11.2 Å². The van der Waals surface area contributed by atoms with Gasteiger partial charge in [0.25, 0.3) is 5.56 Å². The van der Waals surface area contributed by atoms with Crippen LogP contribution in [-0.4, -0.2) is 16.3 Å². The van der Waals surface area contributed by atoms with E-state index in [1.54, 1.807) is 0 Å². The molecule has 0 unspecified atom stereocenters. The van der Waals surface area contributed by atoms with E-state index in [2.05, 4.69) is 9.97 Å². The predicted octanol–water partition coefficient (Wildman–Crippen LogP) is 0.0289. The third-order valence-corrected chi connectivity index (χ3v) is 1.90. The molecule has 0 aliphatic heterocycles. The van der Waals surface area contributed by atoms with Gasteiger partial charge in [0.1, 0.15) is 6.29 Å². The maximum atomic E-state index is 11.3. The number of aromatic nitrogens is 2. The van der Waals surface area contributed by atoms with Crippen molar-refractivity contribution < 1.29 is 4.79 Å². The molecule has 0 bridgehead atoms. The Morgan fingerprint density at radius 2 is 1.93 bits per heavy atom. The fourth-order valence-electron chi connectivity index (χ4n) is 1.26. The zero-order valence-corrected chi connectivity index (χ0v) is 7.03. The molecule has 0 saturated carbocycles. The molecule has 5 heteroatoms. The first kappa shape index (κ1) is 8.43. The van der Waals surface area contributed by atoms with Crippen LogP contribution in [0.3, 0.4) is 0 Å². The number of aldehydes is 1. The smallest absolute Gasteiger partial charge is 0.307 e. The quantitative estimate of drug-likeness (QED) is 0.622. The number of rotatable bonds is 1. The topological polar surface area (TPSA) is 82.8 Å². The third kappa shape index (κ3) is 1.24.